The summed E-state index contributed by atoms with van der Waals surface area (Å²) in [7, 11) is 0. The van der Waals surface area contributed by atoms with Gasteiger partial charge < -0.3 is 19.3 Å². The molecule has 0 heterocycles. The second-order valence-electron chi connectivity index (χ2n) is 5.44. The van der Waals surface area contributed by atoms with Crippen LogP contribution < -0.4 is 0 Å². The summed E-state index contributed by atoms with van der Waals surface area (Å²) < 4.78 is 15.4. The summed E-state index contributed by atoms with van der Waals surface area (Å²) in [6.45, 7) is 9.13. The van der Waals surface area contributed by atoms with Gasteiger partial charge in [0.1, 0.15) is 6.61 Å². The second kappa shape index (κ2) is 12.7. The van der Waals surface area contributed by atoms with Crippen LogP contribution in [0.5, 0.6) is 0 Å². The van der Waals surface area contributed by atoms with Gasteiger partial charge in [0.15, 0.2) is 0 Å². The molecule has 0 aromatic heterocycles. The lowest BCUT2D eigenvalue weighted by atomic mass is 9.90. The summed E-state index contributed by atoms with van der Waals surface area (Å²) in [4.78, 5) is 14.5. The van der Waals surface area contributed by atoms with Gasteiger partial charge >= 0.3 is 5.97 Å². The highest BCUT2D eigenvalue weighted by molar-refractivity contribution is 5.68. The molecule has 6 heteroatoms. The molecule has 0 radical (unpaired) electrons. The van der Waals surface area contributed by atoms with Crippen molar-refractivity contribution in [2.75, 3.05) is 46.2 Å². The zero-order valence-corrected chi connectivity index (χ0v) is 13.5. The van der Waals surface area contributed by atoms with E-state index >= 15 is 0 Å². The summed E-state index contributed by atoms with van der Waals surface area (Å²) in [6.07, 6.45) is 4.30. The molecule has 0 fully saturated rings. The molecule has 0 aliphatic rings. The van der Waals surface area contributed by atoms with Crippen LogP contribution in [-0.4, -0.2) is 63.5 Å². The fraction of sp³-hybridized carbons (Fsp3) is 0.867. The highest BCUT2D eigenvalue weighted by atomic mass is 16.5. The van der Waals surface area contributed by atoms with Gasteiger partial charge in [-0.15, -0.1) is 0 Å². The van der Waals surface area contributed by atoms with Crippen LogP contribution in [0, 0.1) is 5.41 Å². The molecule has 0 bridgehead atoms. The van der Waals surface area contributed by atoms with Crippen LogP contribution in [0.25, 0.3) is 0 Å². The average molecular weight is 303 g/mol. The summed E-state index contributed by atoms with van der Waals surface area (Å²) in [5, 5.41) is 8.34. The first-order valence-corrected chi connectivity index (χ1v) is 7.44. The molecule has 1 N–H and O–H groups in total. The Kier molecular flexibility index (Phi) is 12.1. The van der Waals surface area contributed by atoms with Crippen LogP contribution in [0.4, 0.5) is 0 Å². The minimum absolute atomic E-state index is 0.161. The van der Waals surface area contributed by atoms with Gasteiger partial charge in [0, 0.05) is 6.21 Å². The Labute approximate surface area is 127 Å². The smallest absolute Gasteiger partial charge is 0.329 e. The number of hydrogen-bond acceptors (Lipinski definition) is 5. The van der Waals surface area contributed by atoms with Crippen molar-refractivity contribution in [3.63, 3.8) is 0 Å². The van der Waals surface area contributed by atoms with Gasteiger partial charge in [0.2, 0.25) is 0 Å². The van der Waals surface area contributed by atoms with E-state index in [2.05, 4.69) is 25.8 Å². The van der Waals surface area contributed by atoms with Crippen LogP contribution >= 0.6 is 0 Å². The number of hydrogen-bond donors (Lipinski definition) is 1. The Bertz CT molecular complexity index is 292. The van der Waals surface area contributed by atoms with Crippen LogP contribution in [0.1, 0.15) is 33.6 Å². The van der Waals surface area contributed by atoms with Gasteiger partial charge in [-0.1, -0.05) is 27.2 Å². The summed E-state index contributed by atoms with van der Waals surface area (Å²) in [5.74, 6) is -0.971. The molecule has 21 heavy (non-hydrogen) atoms. The molecule has 0 rings (SSSR count). The normalized spacial score (nSPS) is 12.1. The maximum atomic E-state index is 10.2. The third-order valence-corrected chi connectivity index (χ3v) is 2.67. The van der Waals surface area contributed by atoms with Crippen molar-refractivity contribution in [3.05, 3.63) is 0 Å². The Morgan fingerprint density at radius 3 is 2.24 bits per heavy atom. The number of nitrogens with zero attached hydrogens (tertiary/aromatic N) is 1. The minimum atomic E-state index is -0.971. The number of carboxylic acids is 1. The van der Waals surface area contributed by atoms with Crippen molar-refractivity contribution in [1.82, 2.24) is 0 Å². The summed E-state index contributed by atoms with van der Waals surface area (Å²) in [6, 6.07) is 0. The van der Waals surface area contributed by atoms with E-state index in [9.17, 15) is 4.79 Å². The SMILES string of the molecule is CCCC(C)(C)C=NCCOCCOCCOCC(=O)O. The Balaban J connectivity index is 3.29. The van der Waals surface area contributed by atoms with E-state index in [-0.39, 0.29) is 18.6 Å². The van der Waals surface area contributed by atoms with Gasteiger partial charge in [0.05, 0.1) is 39.6 Å². The Morgan fingerprint density at radius 2 is 1.67 bits per heavy atom. The van der Waals surface area contributed by atoms with E-state index in [1.165, 1.54) is 0 Å². The first-order chi connectivity index (χ1) is 9.98. The van der Waals surface area contributed by atoms with Gasteiger partial charge in [-0.05, 0) is 11.8 Å². The molecule has 124 valence electrons. The average Bonchev–Trinajstić information content (AvgIpc) is 2.39. The van der Waals surface area contributed by atoms with Crippen molar-refractivity contribution < 1.29 is 24.1 Å². The van der Waals surface area contributed by atoms with Crippen LogP contribution in [0.2, 0.25) is 0 Å². The highest BCUT2D eigenvalue weighted by Gasteiger charge is 2.12. The number of carboxylic acid groups (broad SMARTS) is 1. The molecule has 0 saturated carbocycles. The van der Waals surface area contributed by atoms with Crippen molar-refractivity contribution >= 4 is 12.2 Å². The number of ether oxygens (including phenoxy) is 3. The molecule has 0 aliphatic heterocycles. The Morgan fingerprint density at radius 1 is 1.10 bits per heavy atom. The minimum Gasteiger partial charge on any atom is -0.480 e. The maximum Gasteiger partial charge on any atom is 0.329 e. The molecule has 0 atom stereocenters. The van der Waals surface area contributed by atoms with Crippen molar-refractivity contribution in [3.8, 4) is 0 Å². The van der Waals surface area contributed by atoms with E-state index < -0.39 is 5.97 Å². The molecule has 0 amide bonds. The highest BCUT2D eigenvalue weighted by Crippen LogP contribution is 2.18. The monoisotopic (exact) mass is 303 g/mol. The van der Waals surface area contributed by atoms with Crippen molar-refractivity contribution in [2.45, 2.75) is 33.6 Å². The number of aliphatic carboxylic acids is 1. The topological polar surface area (TPSA) is 77.3 Å². The summed E-state index contributed by atoms with van der Waals surface area (Å²) >= 11 is 0. The molecule has 0 spiro atoms. The van der Waals surface area contributed by atoms with Crippen molar-refractivity contribution in [1.29, 1.82) is 0 Å². The maximum absolute atomic E-state index is 10.2. The predicted octanol–water partition coefficient (Wildman–Crippen LogP) is 2.02. The zero-order valence-electron chi connectivity index (χ0n) is 13.5. The molecular formula is C15H29NO5. The second-order valence-corrected chi connectivity index (χ2v) is 5.44. The molecule has 6 nitrogen and oxygen atoms in total. The lowest BCUT2D eigenvalue weighted by molar-refractivity contribution is -0.142. The largest absolute Gasteiger partial charge is 0.480 e. The van der Waals surface area contributed by atoms with Gasteiger partial charge in [-0.25, -0.2) is 4.79 Å². The van der Waals surface area contributed by atoms with Crippen LogP contribution in [-0.2, 0) is 19.0 Å². The first kappa shape index (κ1) is 20.0. The first-order valence-electron chi connectivity index (χ1n) is 7.44. The van der Waals surface area contributed by atoms with Gasteiger partial charge in [-0.3, -0.25) is 4.99 Å². The standard InChI is InChI=1S/C15H29NO5/c1-4-5-15(2,3)13-16-6-7-19-8-9-20-10-11-21-12-14(17)18/h13H,4-12H2,1-3H3,(H,17,18). The van der Waals surface area contributed by atoms with E-state index in [1.54, 1.807) is 0 Å². The molecule has 0 aliphatic carbocycles. The number of aliphatic imine (C=N–C) groups is 1. The lowest BCUT2D eigenvalue weighted by Gasteiger charge is -2.17. The molecule has 0 aromatic carbocycles. The molecule has 0 saturated heterocycles. The van der Waals surface area contributed by atoms with Crippen LogP contribution in [0.3, 0.4) is 0 Å². The summed E-state index contributed by atoms with van der Waals surface area (Å²) in [5.41, 5.74) is 0.161. The van der Waals surface area contributed by atoms with Gasteiger partial charge in [-0.2, -0.15) is 0 Å². The van der Waals surface area contributed by atoms with E-state index in [1.807, 2.05) is 6.21 Å². The third kappa shape index (κ3) is 15.2. The molecule has 0 aromatic rings. The van der Waals surface area contributed by atoms with Gasteiger partial charge in [0.25, 0.3) is 0 Å². The predicted molar refractivity (Wildman–Crippen MR) is 82.1 cm³/mol. The molecule has 0 unspecified atom stereocenters. The third-order valence-electron chi connectivity index (χ3n) is 2.67. The fourth-order valence-electron chi connectivity index (χ4n) is 1.74. The van der Waals surface area contributed by atoms with Crippen LogP contribution in [0.15, 0.2) is 4.99 Å². The number of carbonyl (C=O) groups is 1. The molecular weight excluding hydrogens is 274 g/mol. The quantitative estimate of drug-likeness (QED) is 0.392. The van der Waals surface area contributed by atoms with E-state index in [0.717, 1.165) is 12.8 Å². The lowest BCUT2D eigenvalue weighted by Crippen LogP contribution is -2.14. The fourth-order valence-corrected chi connectivity index (χ4v) is 1.74. The van der Waals surface area contributed by atoms with E-state index in [0.29, 0.717) is 33.0 Å². The zero-order chi connectivity index (χ0) is 16.0. The number of rotatable bonds is 14. The van der Waals surface area contributed by atoms with Crippen molar-refractivity contribution in [2.24, 2.45) is 10.4 Å². The van der Waals surface area contributed by atoms with E-state index in [4.69, 9.17) is 19.3 Å². The Hall–Kier alpha value is -0.980.